The van der Waals surface area contributed by atoms with Crippen molar-refractivity contribution >= 4 is 32.7 Å². The molecule has 8 aromatic rings. The molecule has 0 fully saturated rings. The molecule has 0 amide bonds. The van der Waals surface area contributed by atoms with Gasteiger partial charge in [0.2, 0.25) is 0 Å². The molecule has 192 valence electrons. The van der Waals surface area contributed by atoms with E-state index in [1.54, 1.807) is 0 Å². The lowest BCUT2D eigenvalue weighted by atomic mass is 9.94. The second-order valence-corrected chi connectivity index (χ2v) is 10.2. The van der Waals surface area contributed by atoms with Gasteiger partial charge in [0.1, 0.15) is 11.2 Å². The van der Waals surface area contributed by atoms with E-state index in [-0.39, 0.29) is 0 Å². The van der Waals surface area contributed by atoms with Crippen molar-refractivity contribution in [3.63, 3.8) is 0 Å². The van der Waals surface area contributed by atoms with Crippen LogP contribution in [0.1, 0.15) is 0 Å². The largest absolute Gasteiger partial charge is 0.455 e. The lowest BCUT2D eigenvalue weighted by molar-refractivity contribution is 0.670. The number of fused-ring (bicyclic) bond motifs is 4. The van der Waals surface area contributed by atoms with Crippen molar-refractivity contribution in [1.82, 2.24) is 9.97 Å². The van der Waals surface area contributed by atoms with Crippen molar-refractivity contribution in [1.29, 1.82) is 0 Å². The van der Waals surface area contributed by atoms with Crippen LogP contribution in [-0.4, -0.2) is 9.97 Å². The molecule has 0 unspecified atom stereocenters. The Hall–Kier alpha value is -5.54. The lowest BCUT2D eigenvalue weighted by Crippen LogP contribution is -1.96. The van der Waals surface area contributed by atoms with Crippen molar-refractivity contribution in [3.8, 4) is 45.0 Å². The SMILES string of the molecule is c1ccc(-c2cc(-c3cccc4oc5c(-c6ccccc6)c6ccccc6cc5c34)nc(-c3ccccc3)n2)cc1. The molecule has 0 bridgehead atoms. The monoisotopic (exact) mass is 524 g/mol. The maximum absolute atomic E-state index is 6.69. The summed E-state index contributed by atoms with van der Waals surface area (Å²) in [6, 6.07) is 50.1. The lowest BCUT2D eigenvalue weighted by Gasteiger charge is -2.11. The van der Waals surface area contributed by atoms with E-state index in [1.807, 2.05) is 42.5 Å². The average molecular weight is 525 g/mol. The third kappa shape index (κ3) is 3.98. The summed E-state index contributed by atoms with van der Waals surface area (Å²) in [5.74, 6) is 0.696. The summed E-state index contributed by atoms with van der Waals surface area (Å²) < 4.78 is 6.69. The molecule has 0 saturated carbocycles. The van der Waals surface area contributed by atoms with Crippen molar-refractivity contribution < 1.29 is 4.42 Å². The summed E-state index contributed by atoms with van der Waals surface area (Å²) >= 11 is 0. The van der Waals surface area contributed by atoms with Crippen LogP contribution in [0, 0.1) is 0 Å². The Labute approximate surface area is 237 Å². The van der Waals surface area contributed by atoms with Gasteiger partial charge in [-0.15, -0.1) is 0 Å². The Morgan fingerprint density at radius 1 is 0.463 bits per heavy atom. The van der Waals surface area contributed by atoms with E-state index in [9.17, 15) is 0 Å². The number of aromatic nitrogens is 2. The second-order valence-electron chi connectivity index (χ2n) is 10.2. The highest BCUT2D eigenvalue weighted by Gasteiger charge is 2.20. The molecular formula is C38H24N2O. The molecule has 0 aliphatic heterocycles. The summed E-state index contributed by atoms with van der Waals surface area (Å²) in [7, 11) is 0. The Balaban J connectivity index is 1.45. The zero-order chi connectivity index (χ0) is 27.2. The van der Waals surface area contributed by atoms with Gasteiger partial charge in [-0.25, -0.2) is 9.97 Å². The highest BCUT2D eigenvalue weighted by Crippen LogP contribution is 2.44. The van der Waals surface area contributed by atoms with Gasteiger partial charge >= 0.3 is 0 Å². The van der Waals surface area contributed by atoms with Gasteiger partial charge < -0.3 is 4.42 Å². The van der Waals surface area contributed by atoms with Crippen molar-refractivity contribution in [2.75, 3.05) is 0 Å². The predicted octanol–water partition coefficient (Wildman–Crippen LogP) is 10.2. The first-order chi connectivity index (χ1) is 20.3. The fourth-order valence-electron chi connectivity index (χ4n) is 5.79. The van der Waals surface area contributed by atoms with Crippen LogP contribution in [0.3, 0.4) is 0 Å². The number of hydrogen-bond donors (Lipinski definition) is 0. The van der Waals surface area contributed by atoms with E-state index in [4.69, 9.17) is 14.4 Å². The molecule has 8 rings (SSSR count). The Morgan fingerprint density at radius 2 is 1.10 bits per heavy atom. The number of furan rings is 1. The third-order valence-electron chi connectivity index (χ3n) is 7.68. The van der Waals surface area contributed by atoms with E-state index in [0.717, 1.165) is 61.1 Å². The summed E-state index contributed by atoms with van der Waals surface area (Å²) in [5.41, 5.74) is 8.77. The maximum atomic E-state index is 6.69. The number of benzene rings is 6. The molecule has 0 spiro atoms. The van der Waals surface area contributed by atoms with Gasteiger partial charge in [-0.1, -0.05) is 127 Å². The smallest absolute Gasteiger partial charge is 0.160 e. The first-order valence-electron chi connectivity index (χ1n) is 13.8. The fourth-order valence-corrected chi connectivity index (χ4v) is 5.79. The van der Waals surface area contributed by atoms with Gasteiger partial charge in [0.25, 0.3) is 0 Å². The van der Waals surface area contributed by atoms with Gasteiger partial charge in [-0.05, 0) is 34.5 Å². The van der Waals surface area contributed by atoms with Crippen LogP contribution in [0.5, 0.6) is 0 Å². The molecular weight excluding hydrogens is 500 g/mol. The fraction of sp³-hybridized carbons (Fsp3) is 0. The molecule has 0 radical (unpaired) electrons. The highest BCUT2D eigenvalue weighted by atomic mass is 16.3. The van der Waals surface area contributed by atoms with Gasteiger partial charge in [0, 0.05) is 33.0 Å². The minimum absolute atomic E-state index is 0.696. The Bertz CT molecular complexity index is 2130. The van der Waals surface area contributed by atoms with Crippen LogP contribution in [0.4, 0.5) is 0 Å². The molecule has 6 aromatic carbocycles. The molecule has 0 aliphatic rings. The Morgan fingerprint density at radius 3 is 1.85 bits per heavy atom. The quantitative estimate of drug-likeness (QED) is 0.230. The second kappa shape index (κ2) is 9.58. The molecule has 0 N–H and O–H groups in total. The molecule has 0 aliphatic carbocycles. The van der Waals surface area contributed by atoms with Crippen molar-refractivity contribution in [2.45, 2.75) is 0 Å². The van der Waals surface area contributed by atoms with E-state index in [2.05, 4.69) is 103 Å². The summed E-state index contributed by atoms with van der Waals surface area (Å²) in [5, 5.41) is 4.48. The topological polar surface area (TPSA) is 38.9 Å². The summed E-state index contributed by atoms with van der Waals surface area (Å²) in [6.07, 6.45) is 0. The molecule has 3 nitrogen and oxygen atoms in total. The molecule has 0 saturated heterocycles. The van der Waals surface area contributed by atoms with Crippen LogP contribution in [-0.2, 0) is 0 Å². The average Bonchev–Trinajstić information content (AvgIpc) is 3.43. The zero-order valence-electron chi connectivity index (χ0n) is 22.2. The van der Waals surface area contributed by atoms with Crippen LogP contribution in [0.2, 0.25) is 0 Å². The van der Waals surface area contributed by atoms with E-state index < -0.39 is 0 Å². The van der Waals surface area contributed by atoms with Gasteiger partial charge in [0.15, 0.2) is 5.82 Å². The Kier molecular flexibility index (Phi) is 5.46. The van der Waals surface area contributed by atoms with E-state index >= 15 is 0 Å². The van der Waals surface area contributed by atoms with E-state index in [1.165, 1.54) is 10.8 Å². The van der Waals surface area contributed by atoms with E-state index in [0.29, 0.717) is 5.82 Å². The maximum Gasteiger partial charge on any atom is 0.160 e. The molecule has 2 heterocycles. The van der Waals surface area contributed by atoms with Gasteiger partial charge in [-0.2, -0.15) is 0 Å². The van der Waals surface area contributed by atoms with Crippen molar-refractivity contribution in [3.05, 3.63) is 146 Å². The van der Waals surface area contributed by atoms with Crippen LogP contribution < -0.4 is 0 Å². The van der Waals surface area contributed by atoms with Crippen molar-refractivity contribution in [2.24, 2.45) is 0 Å². The van der Waals surface area contributed by atoms with Crippen LogP contribution in [0.25, 0.3) is 77.7 Å². The summed E-state index contributed by atoms with van der Waals surface area (Å²) in [6.45, 7) is 0. The standard InChI is InChI=1S/C38H24N2O/c1-4-13-25(14-5-1)32-24-33(40-38(39-32)27-17-8-3-9-18-27)30-21-12-22-34-36(30)31-23-28-19-10-11-20-29(28)35(37(31)41-34)26-15-6-2-7-16-26/h1-24H. The summed E-state index contributed by atoms with van der Waals surface area (Å²) in [4.78, 5) is 10.1. The first kappa shape index (κ1) is 23.4. The molecule has 3 heteroatoms. The third-order valence-corrected chi connectivity index (χ3v) is 7.68. The molecule has 41 heavy (non-hydrogen) atoms. The normalized spacial score (nSPS) is 11.4. The highest BCUT2D eigenvalue weighted by molar-refractivity contribution is 6.21. The molecule has 0 atom stereocenters. The minimum Gasteiger partial charge on any atom is -0.455 e. The number of nitrogens with zero attached hydrogens (tertiary/aromatic N) is 2. The first-order valence-corrected chi connectivity index (χ1v) is 13.8. The van der Waals surface area contributed by atoms with Gasteiger partial charge in [0.05, 0.1) is 11.4 Å². The van der Waals surface area contributed by atoms with Crippen LogP contribution in [0.15, 0.2) is 150 Å². The van der Waals surface area contributed by atoms with Crippen LogP contribution >= 0.6 is 0 Å². The number of hydrogen-bond acceptors (Lipinski definition) is 3. The zero-order valence-corrected chi connectivity index (χ0v) is 22.2. The minimum atomic E-state index is 0.696. The molecule has 2 aromatic heterocycles. The van der Waals surface area contributed by atoms with Gasteiger partial charge in [-0.3, -0.25) is 0 Å². The number of rotatable bonds is 4. The predicted molar refractivity (Wildman–Crippen MR) is 169 cm³/mol.